The van der Waals surface area contributed by atoms with Gasteiger partial charge in [-0.3, -0.25) is 14.9 Å². The summed E-state index contributed by atoms with van der Waals surface area (Å²) in [5.74, 6) is -1.66. The van der Waals surface area contributed by atoms with Crippen LogP contribution < -0.4 is 10.6 Å². The number of rotatable bonds is 8. The lowest BCUT2D eigenvalue weighted by atomic mass is 10.2. The van der Waals surface area contributed by atoms with E-state index in [2.05, 4.69) is 5.32 Å². The number of hydrogen-bond donors (Lipinski definition) is 3. The third-order valence-electron chi connectivity index (χ3n) is 2.22. The second kappa shape index (κ2) is 9.16. The number of alkyl halides is 3. The van der Waals surface area contributed by atoms with Gasteiger partial charge in [0, 0.05) is 25.8 Å². The van der Waals surface area contributed by atoms with Crippen molar-refractivity contribution >= 4 is 17.9 Å². The van der Waals surface area contributed by atoms with Crippen LogP contribution in [-0.4, -0.2) is 35.7 Å². The van der Waals surface area contributed by atoms with Crippen LogP contribution in [0.3, 0.4) is 0 Å². The fraction of sp³-hybridized carbons (Fsp3) is 0.727. The van der Waals surface area contributed by atoms with Crippen molar-refractivity contribution in [3.8, 4) is 0 Å². The monoisotopic (exact) mass is 298 g/mol. The van der Waals surface area contributed by atoms with Gasteiger partial charge in [-0.15, -0.1) is 0 Å². The molecule has 6 nitrogen and oxygen atoms in total. The third kappa shape index (κ3) is 12.7. The van der Waals surface area contributed by atoms with E-state index in [0.717, 1.165) is 0 Å². The Morgan fingerprint density at radius 3 is 2.20 bits per heavy atom. The van der Waals surface area contributed by atoms with Crippen LogP contribution in [0.5, 0.6) is 0 Å². The quantitative estimate of drug-likeness (QED) is 0.595. The Kier molecular flexibility index (Phi) is 8.33. The molecule has 20 heavy (non-hydrogen) atoms. The number of imide groups is 1. The highest BCUT2D eigenvalue weighted by molar-refractivity contribution is 5.94. The second-order valence-corrected chi connectivity index (χ2v) is 4.12. The van der Waals surface area contributed by atoms with Crippen LogP contribution in [0.1, 0.15) is 38.5 Å². The van der Waals surface area contributed by atoms with Crippen molar-refractivity contribution in [3.63, 3.8) is 0 Å². The average Bonchev–Trinajstić information content (AvgIpc) is 2.26. The third-order valence-corrected chi connectivity index (χ3v) is 2.22. The number of unbranched alkanes of at least 4 members (excludes halogenated alkanes) is 1. The lowest BCUT2D eigenvalue weighted by Crippen LogP contribution is -2.39. The molecule has 0 aliphatic heterocycles. The summed E-state index contributed by atoms with van der Waals surface area (Å²) in [6, 6.07) is -0.794. The van der Waals surface area contributed by atoms with E-state index >= 15 is 0 Å². The fourth-order valence-corrected chi connectivity index (χ4v) is 1.29. The number of carbonyl (C=O) groups excluding carboxylic acids is 2. The van der Waals surface area contributed by atoms with Crippen LogP contribution in [0.25, 0.3) is 0 Å². The van der Waals surface area contributed by atoms with Crippen LogP contribution in [0, 0.1) is 0 Å². The Morgan fingerprint density at radius 2 is 1.65 bits per heavy atom. The van der Waals surface area contributed by atoms with Crippen LogP contribution in [-0.2, 0) is 9.59 Å². The molecule has 9 heteroatoms. The average molecular weight is 298 g/mol. The lowest BCUT2D eigenvalue weighted by molar-refractivity contribution is -0.137. The summed E-state index contributed by atoms with van der Waals surface area (Å²) < 4.78 is 35.4. The predicted octanol–water partition coefficient (Wildman–Crippen LogP) is 1.80. The van der Waals surface area contributed by atoms with Crippen molar-refractivity contribution < 1.29 is 32.7 Å². The molecule has 0 heterocycles. The summed E-state index contributed by atoms with van der Waals surface area (Å²) in [7, 11) is 0. The molecule has 0 saturated carbocycles. The van der Waals surface area contributed by atoms with Gasteiger partial charge in [-0.1, -0.05) is 0 Å². The topological polar surface area (TPSA) is 95.5 Å². The van der Waals surface area contributed by atoms with Gasteiger partial charge in [0.25, 0.3) is 0 Å². The van der Waals surface area contributed by atoms with Gasteiger partial charge < -0.3 is 10.4 Å². The van der Waals surface area contributed by atoms with Crippen LogP contribution in [0.2, 0.25) is 0 Å². The molecule has 0 fully saturated rings. The zero-order valence-electron chi connectivity index (χ0n) is 10.8. The number of carboxylic acid groups (broad SMARTS) is 1. The molecular formula is C11H17F3N2O4. The van der Waals surface area contributed by atoms with Crippen molar-refractivity contribution in [1.82, 2.24) is 10.6 Å². The molecule has 3 amide bonds. The van der Waals surface area contributed by atoms with E-state index in [9.17, 15) is 27.6 Å². The predicted molar refractivity (Wildman–Crippen MR) is 62.9 cm³/mol. The minimum absolute atomic E-state index is 0.0321. The summed E-state index contributed by atoms with van der Waals surface area (Å²) in [5.41, 5.74) is 0. The first kappa shape index (κ1) is 18.2. The maximum absolute atomic E-state index is 11.8. The Morgan fingerprint density at radius 1 is 1.00 bits per heavy atom. The smallest absolute Gasteiger partial charge is 0.389 e. The molecule has 0 aromatic heterocycles. The molecule has 3 N–H and O–H groups in total. The Balaban J connectivity index is 3.58. The molecule has 0 unspecified atom stereocenters. The van der Waals surface area contributed by atoms with E-state index < -0.39 is 30.5 Å². The van der Waals surface area contributed by atoms with Crippen molar-refractivity contribution in [1.29, 1.82) is 0 Å². The maximum atomic E-state index is 11.8. The van der Waals surface area contributed by atoms with Crippen LogP contribution >= 0.6 is 0 Å². The number of carbonyl (C=O) groups is 3. The molecule has 0 aliphatic rings. The standard InChI is InChI=1S/C11H17F3N2O4/c12-11(13,14)6-1-2-7-15-10(20)16-8(17)4-3-5-9(18)19/h1-7H2,(H,18,19)(H2,15,16,17,20). The minimum atomic E-state index is -4.21. The maximum Gasteiger partial charge on any atom is 0.389 e. The summed E-state index contributed by atoms with van der Waals surface area (Å²) >= 11 is 0. The van der Waals surface area contributed by atoms with Gasteiger partial charge in [-0.25, -0.2) is 4.79 Å². The van der Waals surface area contributed by atoms with E-state index in [1.54, 1.807) is 0 Å². The first-order valence-electron chi connectivity index (χ1n) is 6.07. The number of halogens is 3. The van der Waals surface area contributed by atoms with Crippen LogP contribution in [0.4, 0.5) is 18.0 Å². The first-order valence-corrected chi connectivity index (χ1v) is 6.07. The van der Waals surface area contributed by atoms with Crippen LogP contribution in [0.15, 0.2) is 0 Å². The molecule has 116 valence electrons. The van der Waals surface area contributed by atoms with Crippen molar-refractivity contribution in [3.05, 3.63) is 0 Å². The lowest BCUT2D eigenvalue weighted by Gasteiger charge is -2.07. The molecule has 0 aliphatic carbocycles. The van der Waals surface area contributed by atoms with E-state index in [1.807, 2.05) is 5.32 Å². The fourth-order valence-electron chi connectivity index (χ4n) is 1.29. The highest BCUT2D eigenvalue weighted by atomic mass is 19.4. The molecule has 0 aromatic carbocycles. The summed E-state index contributed by atoms with van der Waals surface area (Å²) in [6.07, 6.45) is -5.23. The van der Waals surface area contributed by atoms with E-state index in [1.165, 1.54) is 0 Å². The molecule has 0 spiro atoms. The van der Waals surface area contributed by atoms with E-state index in [-0.39, 0.29) is 38.6 Å². The number of carboxylic acids is 1. The molecule has 0 atom stereocenters. The SMILES string of the molecule is O=C(O)CCCC(=O)NC(=O)NCCCCC(F)(F)F. The molecule has 0 aromatic rings. The minimum Gasteiger partial charge on any atom is -0.481 e. The van der Waals surface area contributed by atoms with Crippen molar-refractivity contribution in [2.45, 2.75) is 44.7 Å². The van der Waals surface area contributed by atoms with Gasteiger partial charge in [0.2, 0.25) is 5.91 Å². The number of amides is 3. The van der Waals surface area contributed by atoms with Gasteiger partial charge in [0.15, 0.2) is 0 Å². The number of hydrogen-bond acceptors (Lipinski definition) is 3. The van der Waals surface area contributed by atoms with Gasteiger partial charge in [0.05, 0.1) is 0 Å². The molecule has 0 rings (SSSR count). The summed E-state index contributed by atoms with van der Waals surface area (Å²) in [5, 5.41) is 12.5. The van der Waals surface area contributed by atoms with Gasteiger partial charge in [-0.2, -0.15) is 13.2 Å². The van der Waals surface area contributed by atoms with Gasteiger partial charge in [-0.05, 0) is 19.3 Å². The molecule has 0 saturated heterocycles. The summed E-state index contributed by atoms with van der Waals surface area (Å²) in [6.45, 7) is 0.0321. The largest absolute Gasteiger partial charge is 0.481 e. The normalized spacial score (nSPS) is 10.9. The number of nitrogens with one attached hydrogen (secondary N) is 2. The number of urea groups is 1. The Hall–Kier alpha value is -1.80. The van der Waals surface area contributed by atoms with Crippen molar-refractivity contribution in [2.75, 3.05) is 6.54 Å². The highest BCUT2D eigenvalue weighted by Gasteiger charge is 2.25. The Labute approximate surface area is 113 Å². The number of aliphatic carboxylic acids is 1. The second-order valence-electron chi connectivity index (χ2n) is 4.12. The Bertz CT molecular complexity index is 345. The van der Waals surface area contributed by atoms with Gasteiger partial charge in [0.1, 0.15) is 0 Å². The zero-order valence-corrected chi connectivity index (χ0v) is 10.8. The first-order chi connectivity index (χ1) is 9.20. The molecule has 0 bridgehead atoms. The zero-order chi connectivity index (χ0) is 15.6. The van der Waals surface area contributed by atoms with Gasteiger partial charge >= 0.3 is 18.2 Å². The van der Waals surface area contributed by atoms with Crippen molar-refractivity contribution in [2.24, 2.45) is 0 Å². The highest BCUT2D eigenvalue weighted by Crippen LogP contribution is 2.21. The molecular weight excluding hydrogens is 281 g/mol. The van der Waals surface area contributed by atoms with E-state index in [4.69, 9.17) is 5.11 Å². The van der Waals surface area contributed by atoms with E-state index in [0.29, 0.717) is 0 Å². The molecule has 0 radical (unpaired) electrons. The summed E-state index contributed by atoms with van der Waals surface area (Å²) in [4.78, 5) is 32.5.